The highest BCUT2D eigenvalue weighted by atomic mass is 32.2. The zero-order valence-corrected chi connectivity index (χ0v) is 23.8. The van der Waals surface area contributed by atoms with E-state index in [0.717, 1.165) is 24.8 Å². The Morgan fingerprint density at radius 2 is 1.78 bits per heavy atom. The first-order valence-corrected chi connectivity index (χ1v) is 15.4. The number of halogens is 1. The van der Waals surface area contributed by atoms with Crippen LogP contribution in [-0.4, -0.2) is 58.1 Å². The Bertz CT molecular complexity index is 1680. The second kappa shape index (κ2) is 11.7. The Kier molecular flexibility index (Phi) is 8.12. The molecule has 5 rings (SSSR count). The minimum atomic E-state index is -3.72. The predicted molar refractivity (Wildman–Crippen MR) is 158 cm³/mol. The maximum Gasteiger partial charge on any atom is 0.255 e. The van der Waals surface area contributed by atoms with Crippen molar-refractivity contribution in [3.05, 3.63) is 78.1 Å². The highest BCUT2D eigenvalue weighted by molar-refractivity contribution is 7.92. The molecule has 1 saturated heterocycles. The summed E-state index contributed by atoms with van der Waals surface area (Å²) < 4.78 is 47.6. The van der Waals surface area contributed by atoms with Gasteiger partial charge in [0.15, 0.2) is 0 Å². The minimum Gasteiger partial charge on any atom is -0.455 e. The van der Waals surface area contributed by atoms with Gasteiger partial charge in [0, 0.05) is 55.7 Å². The molecule has 1 aromatic heterocycles. The van der Waals surface area contributed by atoms with Crippen LogP contribution in [0.4, 0.5) is 10.1 Å². The van der Waals surface area contributed by atoms with Gasteiger partial charge in [-0.25, -0.2) is 12.8 Å². The SMILES string of the molecule is CNC(=O)c1c(-c2ccc(F)cc2)oc2cc(N(CCCCN3CCCC3=O)S(C)(=O)=O)c(-c3ccccc3)cc12. The fourth-order valence-corrected chi connectivity index (χ4v) is 6.27. The summed E-state index contributed by atoms with van der Waals surface area (Å²) in [7, 11) is -2.20. The van der Waals surface area contributed by atoms with Crippen molar-refractivity contribution in [2.45, 2.75) is 25.7 Å². The van der Waals surface area contributed by atoms with Crippen LogP contribution >= 0.6 is 0 Å². The molecule has 0 unspecified atom stereocenters. The summed E-state index contributed by atoms with van der Waals surface area (Å²) in [4.78, 5) is 26.9. The number of fused-ring (bicyclic) bond motifs is 1. The number of carbonyl (C=O) groups is 2. The van der Waals surface area contributed by atoms with E-state index in [2.05, 4.69) is 5.32 Å². The van der Waals surface area contributed by atoms with E-state index in [1.807, 2.05) is 35.2 Å². The fourth-order valence-electron chi connectivity index (χ4n) is 5.31. The molecule has 0 bridgehead atoms. The lowest BCUT2D eigenvalue weighted by Gasteiger charge is -2.26. The third kappa shape index (κ3) is 5.97. The number of sulfonamides is 1. The molecule has 3 aromatic carbocycles. The molecule has 8 nitrogen and oxygen atoms in total. The summed E-state index contributed by atoms with van der Waals surface area (Å²) in [5.41, 5.74) is 2.93. The Hall–Kier alpha value is -4.18. The van der Waals surface area contributed by atoms with Crippen molar-refractivity contribution in [1.29, 1.82) is 0 Å². The van der Waals surface area contributed by atoms with Gasteiger partial charge in [-0.05, 0) is 55.2 Å². The Balaban J connectivity index is 1.62. The lowest BCUT2D eigenvalue weighted by atomic mass is 9.98. The molecule has 0 saturated carbocycles. The summed E-state index contributed by atoms with van der Waals surface area (Å²) in [5.74, 6) is -0.399. The number of amides is 2. The van der Waals surface area contributed by atoms with Crippen LogP contribution in [0.25, 0.3) is 33.4 Å². The molecule has 2 amide bonds. The first-order chi connectivity index (χ1) is 19.7. The lowest BCUT2D eigenvalue weighted by molar-refractivity contribution is -0.127. The van der Waals surface area contributed by atoms with Crippen molar-refractivity contribution in [2.75, 3.05) is 37.2 Å². The number of unbranched alkanes of at least 4 members (excludes halogenated alkanes) is 1. The van der Waals surface area contributed by atoms with Crippen LogP contribution in [0.15, 0.2) is 71.1 Å². The Labute approximate surface area is 238 Å². The van der Waals surface area contributed by atoms with E-state index in [1.165, 1.54) is 35.6 Å². The largest absolute Gasteiger partial charge is 0.455 e. The normalized spacial score (nSPS) is 13.6. The molecular weight excluding hydrogens is 545 g/mol. The summed E-state index contributed by atoms with van der Waals surface area (Å²) in [6.45, 7) is 1.54. The Morgan fingerprint density at radius 3 is 2.41 bits per heavy atom. The number of nitrogens with one attached hydrogen (secondary N) is 1. The van der Waals surface area contributed by atoms with Crippen molar-refractivity contribution in [3.8, 4) is 22.5 Å². The van der Waals surface area contributed by atoms with E-state index in [4.69, 9.17) is 4.42 Å². The van der Waals surface area contributed by atoms with Gasteiger partial charge >= 0.3 is 0 Å². The highest BCUT2D eigenvalue weighted by Crippen LogP contribution is 2.41. The number of anilines is 1. The van der Waals surface area contributed by atoms with Crippen LogP contribution in [0.5, 0.6) is 0 Å². The van der Waals surface area contributed by atoms with Crippen molar-refractivity contribution in [2.24, 2.45) is 0 Å². The molecule has 41 heavy (non-hydrogen) atoms. The molecule has 1 fully saturated rings. The quantitative estimate of drug-likeness (QED) is 0.253. The van der Waals surface area contributed by atoms with Crippen molar-refractivity contribution < 1.29 is 26.8 Å². The predicted octanol–water partition coefficient (Wildman–Crippen LogP) is 5.43. The van der Waals surface area contributed by atoms with Gasteiger partial charge in [0.25, 0.3) is 5.91 Å². The van der Waals surface area contributed by atoms with Crippen LogP contribution in [0.2, 0.25) is 0 Å². The van der Waals surface area contributed by atoms with Gasteiger partial charge in [-0.3, -0.25) is 13.9 Å². The third-order valence-electron chi connectivity index (χ3n) is 7.33. The van der Waals surface area contributed by atoms with Gasteiger partial charge in [-0.1, -0.05) is 30.3 Å². The molecule has 0 radical (unpaired) electrons. The van der Waals surface area contributed by atoms with Gasteiger partial charge < -0.3 is 14.6 Å². The van der Waals surface area contributed by atoms with Crippen LogP contribution < -0.4 is 9.62 Å². The zero-order valence-electron chi connectivity index (χ0n) is 23.0. The van der Waals surface area contributed by atoms with E-state index in [0.29, 0.717) is 53.6 Å². The van der Waals surface area contributed by atoms with E-state index in [1.54, 1.807) is 12.1 Å². The molecule has 2 heterocycles. The number of furan rings is 1. The van der Waals surface area contributed by atoms with Crippen molar-refractivity contribution in [3.63, 3.8) is 0 Å². The van der Waals surface area contributed by atoms with Gasteiger partial charge in [0.05, 0.1) is 17.5 Å². The first-order valence-electron chi connectivity index (χ1n) is 13.6. The van der Waals surface area contributed by atoms with Crippen LogP contribution in [-0.2, 0) is 14.8 Å². The lowest BCUT2D eigenvalue weighted by Crippen LogP contribution is -2.32. The van der Waals surface area contributed by atoms with Gasteiger partial charge in [0.1, 0.15) is 17.2 Å². The highest BCUT2D eigenvalue weighted by Gasteiger charge is 2.27. The summed E-state index contributed by atoms with van der Waals surface area (Å²) >= 11 is 0. The summed E-state index contributed by atoms with van der Waals surface area (Å²) in [6.07, 6.45) is 3.80. The molecule has 0 spiro atoms. The number of hydrogen-bond donors (Lipinski definition) is 1. The second-order valence-corrected chi connectivity index (χ2v) is 12.1. The molecule has 10 heteroatoms. The average Bonchev–Trinajstić information content (AvgIpc) is 3.54. The van der Waals surface area contributed by atoms with Gasteiger partial charge in [0.2, 0.25) is 15.9 Å². The van der Waals surface area contributed by atoms with E-state index < -0.39 is 15.8 Å². The molecule has 1 aliphatic heterocycles. The number of rotatable bonds is 10. The van der Waals surface area contributed by atoms with Crippen molar-refractivity contribution in [1.82, 2.24) is 10.2 Å². The molecular formula is C31H32FN3O5S. The topological polar surface area (TPSA) is 99.9 Å². The summed E-state index contributed by atoms with van der Waals surface area (Å²) in [5, 5.41) is 3.16. The average molecular weight is 578 g/mol. The number of benzene rings is 3. The molecule has 214 valence electrons. The van der Waals surface area contributed by atoms with E-state index in [-0.39, 0.29) is 29.7 Å². The molecule has 1 aliphatic rings. The molecule has 4 aromatic rings. The molecule has 0 aliphatic carbocycles. The fraction of sp³-hybridized carbons (Fsp3) is 0.290. The monoisotopic (exact) mass is 577 g/mol. The third-order valence-corrected chi connectivity index (χ3v) is 8.51. The zero-order chi connectivity index (χ0) is 29.1. The smallest absolute Gasteiger partial charge is 0.255 e. The maximum atomic E-state index is 13.7. The number of hydrogen-bond acceptors (Lipinski definition) is 5. The van der Waals surface area contributed by atoms with Crippen molar-refractivity contribution >= 4 is 38.5 Å². The Morgan fingerprint density at radius 1 is 1.05 bits per heavy atom. The molecule has 1 N–H and O–H groups in total. The molecule has 0 atom stereocenters. The second-order valence-electron chi connectivity index (χ2n) is 10.2. The number of nitrogens with zero attached hydrogens (tertiary/aromatic N) is 2. The standard InChI is InChI=1S/C31H32FN3O5S/c1-33-31(37)29-25-19-24(21-9-4-3-5-10-21)26(20-27(25)40-30(29)22-12-14-23(32)15-13-22)35(41(2,38)39)18-7-6-16-34-17-8-11-28(34)36/h3-5,9-10,12-15,19-20H,6-8,11,16-18H2,1-2H3,(H,33,37). The van der Waals surface area contributed by atoms with Crippen LogP contribution in [0, 0.1) is 5.82 Å². The van der Waals surface area contributed by atoms with Gasteiger partial charge in [-0.2, -0.15) is 0 Å². The number of likely N-dealkylation sites (tertiary alicyclic amines) is 1. The summed E-state index contributed by atoms with van der Waals surface area (Å²) in [6, 6.07) is 18.4. The maximum absolute atomic E-state index is 13.7. The van der Waals surface area contributed by atoms with E-state index >= 15 is 0 Å². The number of carbonyl (C=O) groups excluding carboxylic acids is 2. The first kappa shape index (κ1) is 28.4. The van der Waals surface area contributed by atoms with E-state index in [9.17, 15) is 22.4 Å². The van der Waals surface area contributed by atoms with Crippen LogP contribution in [0.3, 0.4) is 0 Å². The minimum absolute atomic E-state index is 0.142. The van der Waals surface area contributed by atoms with Gasteiger partial charge in [-0.15, -0.1) is 0 Å². The van der Waals surface area contributed by atoms with Crippen LogP contribution in [0.1, 0.15) is 36.0 Å².